The van der Waals surface area contributed by atoms with E-state index in [1.807, 2.05) is 41.9 Å². The van der Waals surface area contributed by atoms with Crippen LogP contribution in [0.15, 0.2) is 66.0 Å². The number of anilines is 1. The molecule has 0 fully saturated rings. The SMILES string of the molecule is CCOCCNc1nc(SC(C)C)nc2c1cnn2CCNC(=O)Cc1ccc(-c2ccccc2)cc1. The van der Waals surface area contributed by atoms with Gasteiger partial charge in [-0.3, -0.25) is 4.79 Å². The van der Waals surface area contributed by atoms with Crippen LogP contribution in [0.3, 0.4) is 0 Å². The molecule has 0 saturated heterocycles. The maximum Gasteiger partial charge on any atom is 0.224 e. The summed E-state index contributed by atoms with van der Waals surface area (Å²) in [6.45, 7) is 9.11. The predicted molar refractivity (Wildman–Crippen MR) is 150 cm³/mol. The van der Waals surface area contributed by atoms with Crippen LogP contribution in [0.1, 0.15) is 26.3 Å². The number of nitrogens with one attached hydrogen (secondary N) is 2. The summed E-state index contributed by atoms with van der Waals surface area (Å²) in [5.41, 5.74) is 4.03. The van der Waals surface area contributed by atoms with Crippen molar-refractivity contribution < 1.29 is 9.53 Å². The van der Waals surface area contributed by atoms with E-state index in [0.29, 0.717) is 49.7 Å². The summed E-state index contributed by atoms with van der Waals surface area (Å²) in [5, 5.41) is 12.8. The van der Waals surface area contributed by atoms with Crippen LogP contribution in [0.5, 0.6) is 0 Å². The van der Waals surface area contributed by atoms with E-state index in [9.17, 15) is 4.79 Å². The van der Waals surface area contributed by atoms with E-state index < -0.39 is 0 Å². The fourth-order valence-corrected chi connectivity index (χ4v) is 4.58. The predicted octanol–water partition coefficient (Wildman–Crippen LogP) is 4.80. The molecule has 2 aromatic carbocycles. The molecule has 0 radical (unpaired) electrons. The second-order valence-electron chi connectivity index (χ2n) is 8.84. The summed E-state index contributed by atoms with van der Waals surface area (Å²) >= 11 is 1.61. The van der Waals surface area contributed by atoms with E-state index >= 15 is 0 Å². The van der Waals surface area contributed by atoms with E-state index in [-0.39, 0.29) is 5.91 Å². The van der Waals surface area contributed by atoms with Gasteiger partial charge in [-0.25, -0.2) is 14.6 Å². The van der Waals surface area contributed by atoms with Crippen LogP contribution in [-0.2, 0) is 22.5 Å². The average molecular weight is 519 g/mol. The Labute approximate surface area is 222 Å². The van der Waals surface area contributed by atoms with Gasteiger partial charge in [-0.05, 0) is 23.6 Å². The number of thioether (sulfide) groups is 1. The third-order valence-electron chi connectivity index (χ3n) is 5.63. The second-order valence-corrected chi connectivity index (χ2v) is 10.4. The molecule has 0 spiro atoms. The van der Waals surface area contributed by atoms with Gasteiger partial charge in [-0.1, -0.05) is 80.2 Å². The van der Waals surface area contributed by atoms with Crippen LogP contribution < -0.4 is 10.6 Å². The van der Waals surface area contributed by atoms with Crippen LogP contribution in [0.25, 0.3) is 22.2 Å². The molecular weight excluding hydrogens is 484 g/mol. The first kappa shape index (κ1) is 26.6. The topological polar surface area (TPSA) is 94.0 Å². The van der Waals surface area contributed by atoms with E-state index in [1.54, 1.807) is 18.0 Å². The molecule has 8 nitrogen and oxygen atoms in total. The van der Waals surface area contributed by atoms with Gasteiger partial charge < -0.3 is 15.4 Å². The number of ether oxygens (including phenoxy) is 1. The largest absolute Gasteiger partial charge is 0.380 e. The van der Waals surface area contributed by atoms with Crippen molar-refractivity contribution in [3.63, 3.8) is 0 Å². The van der Waals surface area contributed by atoms with Gasteiger partial charge in [-0.2, -0.15) is 5.10 Å². The van der Waals surface area contributed by atoms with Crippen molar-refractivity contribution in [3.8, 4) is 11.1 Å². The molecular formula is C28H34N6O2S. The van der Waals surface area contributed by atoms with Gasteiger partial charge in [0.1, 0.15) is 5.82 Å². The Hall–Kier alpha value is -3.43. The van der Waals surface area contributed by atoms with E-state index in [4.69, 9.17) is 14.7 Å². The Bertz CT molecular complexity index is 1290. The van der Waals surface area contributed by atoms with E-state index in [2.05, 4.69) is 53.8 Å². The number of carbonyl (C=O) groups excluding carboxylic acids is 1. The van der Waals surface area contributed by atoms with Crippen molar-refractivity contribution in [1.82, 2.24) is 25.1 Å². The smallest absolute Gasteiger partial charge is 0.224 e. The van der Waals surface area contributed by atoms with Gasteiger partial charge in [0.2, 0.25) is 5.91 Å². The number of aromatic nitrogens is 4. The van der Waals surface area contributed by atoms with Crippen molar-refractivity contribution in [2.75, 3.05) is 31.6 Å². The summed E-state index contributed by atoms with van der Waals surface area (Å²) in [7, 11) is 0. The van der Waals surface area contributed by atoms with Gasteiger partial charge in [-0.15, -0.1) is 0 Å². The highest BCUT2D eigenvalue weighted by molar-refractivity contribution is 7.99. The molecule has 0 bridgehead atoms. The molecule has 0 unspecified atom stereocenters. The number of hydrogen-bond acceptors (Lipinski definition) is 7. The number of amides is 1. The highest BCUT2D eigenvalue weighted by Crippen LogP contribution is 2.26. The number of nitrogens with zero attached hydrogens (tertiary/aromatic N) is 4. The van der Waals surface area contributed by atoms with E-state index in [0.717, 1.165) is 33.5 Å². The number of benzene rings is 2. The average Bonchev–Trinajstić information content (AvgIpc) is 3.30. The molecule has 4 rings (SSSR count). The molecule has 9 heteroatoms. The Kier molecular flexibility index (Phi) is 9.51. The zero-order valence-electron chi connectivity index (χ0n) is 21.6. The third kappa shape index (κ3) is 7.53. The normalized spacial score (nSPS) is 11.2. The van der Waals surface area contributed by atoms with Crippen LogP contribution in [-0.4, -0.2) is 57.2 Å². The molecule has 1 amide bonds. The quantitative estimate of drug-likeness (QED) is 0.149. The first-order valence-electron chi connectivity index (χ1n) is 12.7. The molecule has 0 aliphatic carbocycles. The first-order valence-corrected chi connectivity index (χ1v) is 13.5. The van der Waals surface area contributed by atoms with Crippen molar-refractivity contribution >= 4 is 34.5 Å². The van der Waals surface area contributed by atoms with Crippen LogP contribution >= 0.6 is 11.8 Å². The molecule has 2 heterocycles. The molecule has 194 valence electrons. The fraction of sp³-hybridized carbons (Fsp3) is 0.357. The van der Waals surface area contributed by atoms with Gasteiger partial charge in [0.15, 0.2) is 10.8 Å². The minimum atomic E-state index is -0.0205. The summed E-state index contributed by atoms with van der Waals surface area (Å²) in [6.07, 6.45) is 2.11. The standard InChI is InChI=1S/C28H34N6O2S/c1-4-36-17-15-30-26-24-19-31-34(27(24)33-28(32-26)37-20(2)3)16-14-29-25(35)18-21-10-12-23(13-11-21)22-8-6-5-7-9-22/h5-13,19-20H,4,14-18H2,1-3H3,(H,29,35)(H,30,32,33). The maximum absolute atomic E-state index is 12.6. The molecule has 0 aliphatic heterocycles. The van der Waals surface area contributed by atoms with Gasteiger partial charge in [0.05, 0.1) is 31.2 Å². The monoisotopic (exact) mass is 518 g/mol. The van der Waals surface area contributed by atoms with Crippen LogP contribution in [0.2, 0.25) is 0 Å². The Morgan fingerprint density at radius 1 is 1.03 bits per heavy atom. The molecule has 0 aliphatic rings. The lowest BCUT2D eigenvalue weighted by atomic mass is 10.0. The highest BCUT2D eigenvalue weighted by atomic mass is 32.2. The molecule has 0 saturated carbocycles. The van der Waals surface area contributed by atoms with Crippen molar-refractivity contribution in [2.24, 2.45) is 0 Å². The number of hydrogen-bond donors (Lipinski definition) is 2. The lowest BCUT2D eigenvalue weighted by Gasteiger charge is -2.11. The lowest BCUT2D eigenvalue weighted by Crippen LogP contribution is -2.28. The van der Waals surface area contributed by atoms with Crippen molar-refractivity contribution in [2.45, 2.75) is 44.1 Å². The molecule has 0 atom stereocenters. The Morgan fingerprint density at radius 3 is 2.51 bits per heavy atom. The third-order valence-corrected chi connectivity index (χ3v) is 6.50. The van der Waals surface area contributed by atoms with Crippen molar-refractivity contribution in [3.05, 3.63) is 66.4 Å². The Balaban J connectivity index is 1.36. The lowest BCUT2D eigenvalue weighted by molar-refractivity contribution is -0.120. The minimum Gasteiger partial charge on any atom is -0.380 e. The molecule has 2 N–H and O–H groups in total. The molecule has 2 aromatic heterocycles. The molecule has 4 aromatic rings. The zero-order valence-corrected chi connectivity index (χ0v) is 22.4. The number of carbonyl (C=O) groups is 1. The summed E-state index contributed by atoms with van der Waals surface area (Å²) in [5.74, 6) is 0.731. The van der Waals surface area contributed by atoms with Crippen molar-refractivity contribution in [1.29, 1.82) is 0 Å². The first-order chi connectivity index (χ1) is 18.0. The van der Waals surface area contributed by atoms with Gasteiger partial charge in [0, 0.05) is 24.9 Å². The summed E-state index contributed by atoms with van der Waals surface area (Å²) in [6, 6.07) is 18.3. The summed E-state index contributed by atoms with van der Waals surface area (Å²) < 4.78 is 7.26. The maximum atomic E-state index is 12.6. The number of fused-ring (bicyclic) bond motifs is 1. The van der Waals surface area contributed by atoms with Gasteiger partial charge in [0.25, 0.3) is 0 Å². The highest BCUT2D eigenvalue weighted by Gasteiger charge is 2.14. The number of rotatable bonds is 13. The zero-order chi connectivity index (χ0) is 26.0. The fourth-order valence-electron chi connectivity index (χ4n) is 3.88. The second kappa shape index (κ2) is 13.2. The van der Waals surface area contributed by atoms with E-state index in [1.165, 1.54) is 0 Å². The molecule has 37 heavy (non-hydrogen) atoms. The van der Waals surface area contributed by atoms with Gasteiger partial charge >= 0.3 is 0 Å². The minimum absolute atomic E-state index is 0.0205. The Morgan fingerprint density at radius 2 is 1.78 bits per heavy atom. The summed E-state index contributed by atoms with van der Waals surface area (Å²) in [4.78, 5) is 22.0. The van der Waals surface area contributed by atoms with Crippen LogP contribution in [0.4, 0.5) is 5.82 Å². The van der Waals surface area contributed by atoms with Crippen LogP contribution in [0, 0.1) is 0 Å².